The Morgan fingerprint density at radius 2 is 1.92 bits per heavy atom. The minimum absolute atomic E-state index is 0.0922. The van der Waals surface area contributed by atoms with E-state index in [1.165, 1.54) is 0 Å². The number of halogens is 1. The number of benzene rings is 1. The van der Waals surface area contributed by atoms with E-state index in [1.807, 2.05) is 6.08 Å². The molecule has 1 aliphatic carbocycles. The van der Waals surface area contributed by atoms with E-state index >= 15 is 0 Å². The monoisotopic (exact) mass is 340 g/mol. The summed E-state index contributed by atoms with van der Waals surface area (Å²) in [5.74, 6) is 1.20. The van der Waals surface area contributed by atoms with Gasteiger partial charge in [0.05, 0.1) is 6.20 Å². The summed E-state index contributed by atoms with van der Waals surface area (Å²) in [6, 6.07) is 5.33. The molecular weight excluding hydrogens is 323 g/mol. The van der Waals surface area contributed by atoms with Gasteiger partial charge in [0, 0.05) is 17.5 Å². The number of ether oxygens (including phenoxy) is 2. The second-order valence-electron chi connectivity index (χ2n) is 5.64. The van der Waals surface area contributed by atoms with Crippen LogP contribution in [0.15, 0.2) is 48.3 Å². The number of nitrogens with one attached hydrogen (secondary N) is 2. The molecule has 0 radical (unpaired) electrons. The van der Waals surface area contributed by atoms with Crippen molar-refractivity contribution in [3.05, 3.63) is 54.1 Å². The molecule has 2 N–H and O–H groups in total. The highest BCUT2D eigenvalue weighted by Gasteiger charge is 2.13. The normalized spacial score (nSPS) is 15.5. The summed E-state index contributed by atoms with van der Waals surface area (Å²) >= 11 is 0. The van der Waals surface area contributed by atoms with Crippen LogP contribution in [0.1, 0.15) is 12.8 Å². The molecule has 0 bridgehead atoms. The molecule has 0 amide bonds. The van der Waals surface area contributed by atoms with E-state index in [4.69, 9.17) is 9.47 Å². The van der Waals surface area contributed by atoms with Crippen LogP contribution >= 0.6 is 0 Å². The third-order valence-electron chi connectivity index (χ3n) is 3.80. The number of aromatic nitrogens is 2. The molecule has 4 rings (SSSR count). The van der Waals surface area contributed by atoms with Gasteiger partial charge in [-0.25, -0.2) is 9.37 Å². The highest BCUT2D eigenvalue weighted by Crippen LogP contribution is 2.33. The van der Waals surface area contributed by atoms with Crippen LogP contribution in [0.5, 0.6) is 11.5 Å². The van der Waals surface area contributed by atoms with E-state index in [0.29, 0.717) is 36.3 Å². The fourth-order valence-corrected chi connectivity index (χ4v) is 2.61. The van der Waals surface area contributed by atoms with Crippen molar-refractivity contribution in [2.24, 2.45) is 0 Å². The molecule has 2 aliphatic rings. The number of rotatable bonds is 4. The molecule has 0 unspecified atom stereocenters. The van der Waals surface area contributed by atoms with Gasteiger partial charge in [-0.15, -0.1) is 0 Å². The summed E-state index contributed by atoms with van der Waals surface area (Å²) in [5.41, 5.74) is 1.56. The largest absolute Gasteiger partial charge is 0.486 e. The van der Waals surface area contributed by atoms with Crippen LogP contribution < -0.4 is 20.1 Å². The van der Waals surface area contributed by atoms with Crippen molar-refractivity contribution >= 4 is 17.5 Å². The molecule has 0 spiro atoms. The molecule has 1 aromatic heterocycles. The Morgan fingerprint density at radius 1 is 1.04 bits per heavy atom. The molecule has 0 atom stereocenters. The quantitative estimate of drug-likeness (QED) is 0.883. The second kappa shape index (κ2) is 6.80. The molecule has 1 aliphatic heterocycles. The zero-order valence-electron chi connectivity index (χ0n) is 13.5. The van der Waals surface area contributed by atoms with Gasteiger partial charge in [0.1, 0.15) is 13.2 Å². The highest BCUT2D eigenvalue weighted by atomic mass is 19.1. The van der Waals surface area contributed by atoms with Gasteiger partial charge in [0.25, 0.3) is 0 Å². The predicted octanol–water partition coefficient (Wildman–Crippen LogP) is 3.78. The zero-order chi connectivity index (χ0) is 17.1. The standard InChI is InChI=1S/C18H17FN4O2/c19-14-11-20-18(22-12-4-2-1-3-5-12)23-17(14)21-13-6-7-15-16(10-13)25-9-8-24-15/h2,4-7,10-11H,1,3,8-9H2,(H2,20,21,22,23). The van der Waals surface area contributed by atoms with E-state index in [2.05, 4.69) is 32.8 Å². The molecule has 25 heavy (non-hydrogen) atoms. The van der Waals surface area contributed by atoms with Crippen molar-refractivity contribution in [1.82, 2.24) is 9.97 Å². The van der Waals surface area contributed by atoms with Crippen LogP contribution in [0.25, 0.3) is 0 Å². The lowest BCUT2D eigenvalue weighted by molar-refractivity contribution is 0.171. The Bertz CT molecular complexity index is 851. The first-order valence-corrected chi connectivity index (χ1v) is 8.11. The Hall–Kier alpha value is -3.09. The first kappa shape index (κ1) is 15.4. The van der Waals surface area contributed by atoms with Gasteiger partial charge in [-0.3, -0.25) is 0 Å². The number of fused-ring (bicyclic) bond motifs is 1. The average Bonchev–Trinajstić information content (AvgIpc) is 2.65. The maximum Gasteiger partial charge on any atom is 0.229 e. The fraction of sp³-hybridized carbons (Fsp3) is 0.222. The molecular formula is C18H17FN4O2. The van der Waals surface area contributed by atoms with Crippen LogP contribution in [0, 0.1) is 5.82 Å². The summed E-state index contributed by atoms with van der Waals surface area (Å²) in [5, 5.41) is 6.05. The number of anilines is 3. The Kier molecular flexibility index (Phi) is 4.20. The van der Waals surface area contributed by atoms with Crippen molar-refractivity contribution < 1.29 is 13.9 Å². The smallest absolute Gasteiger partial charge is 0.229 e. The van der Waals surface area contributed by atoms with E-state index in [1.54, 1.807) is 18.2 Å². The maximum atomic E-state index is 14.1. The fourth-order valence-electron chi connectivity index (χ4n) is 2.61. The molecule has 2 heterocycles. The first-order chi connectivity index (χ1) is 12.3. The third-order valence-corrected chi connectivity index (χ3v) is 3.80. The second-order valence-corrected chi connectivity index (χ2v) is 5.64. The lowest BCUT2D eigenvalue weighted by Crippen LogP contribution is -2.15. The van der Waals surface area contributed by atoms with Crippen LogP contribution in [0.3, 0.4) is 0 Å². The van der Waals surface area contributed by atoms with Gasteiger partial charge >= 0.3 is 0 Å². The van der Waals surface area contributed by atoms with Crippen molar-refractivity contribution in [1.29, 1.82) is 0 Å². The first-order valence-electron chi connectivity index (χ1n) is 8.11. The van der Waals surface area contributed by atoms with Gasteiger partial charge in [-0.1, -0.05) is 12.2 Å². The van der Waals surface area contributed by atoms with Gasteiger partial charge in [0.15, 0.2) is 23.1 Å². The maximum absolute atomic E-state index is 14.1. The molecule has 0 saturated heterocycles. The molecule has 128 valence electrons. The number of hydrogen-bond acceptors (Lipinski definition) is 6. The number of nitrogens with zero attached hydrogens (tertiary/aromatic N) is 2. The Labute approximate surface area is 144 Å². The third kappa shape index (κ3) is 3.55. The number of hydrogen-bond donors (Lipinski definition) is 2. The molecule has 2 aromatic rings. The summed E-state index contributed by atoms with van der Waals surface area (Å²) in [6.07, 6.45) is 9.21. The molecule has 0 saturated carbocycles. The summed E-state index contributed by atoms with van der Waals surface area (Å²) in [7, 11) is 0. The lowest BCUT2D eigenvalue weighted by Gasteiger charge is -2.19. The van der Waals surface area contributed by atoms with Gasteiger partial charge in [-0.2, -0.15) is 4.98 Å². The Morgan fingerprint density at radius 3 is 2.76 bits per heavy atom. The minimum atomic E-state index is -0.534. The summed E-state index contributed by atoms with van der Waals surface area (Å²) in [6.45, 7) is 1.02. The predicted molar refractivity (Wildman–Crippen MR) is 92.8 cm³/mol. The van der Waals surface area contributed by atoms with Crippen molar-refractivity contribution in [3.8, 4) is 11.5 Å². The van der Waals surface area contributed by atoms with Crippen molar-refractivity contribution in [2.75, 3.05) is 23.8 Å². The van der Waals surface area contributed by atoms with Crippen LogP contribution in [-0.4, -0.2) is 23.2 Å². The Balaban J connectivity index is 1.54. The van der Waals surface area contributed by atoms with E-state index < -0.39 is 5.82 Å². The van der Waals surface area contributed by atoms with Gasteiger partial charge in [-0.05, 0) is 31.1 Å². The zero-order valence-corrected chi connectivity index (χ0v) is 13.5. The van der Waals surface area contributed by atoms with Crippen LogP contribution in [-0.2, 0) is 0 Å². The van der Waals surface area contributed by atoms with Crippen LogP contribution in [0.2, 0.25) is 0 Å². The van der Waals surface area contributed by atoms with Gasteiger partial charge in [0.2, 0.25) is 5.95 Å². The molecule has 7 heteroatoms. The van der Waals surface area contributed by atoms with Crippen molar-refractivity contribution in [2.45, 2.75) is 12.8 Å². The summed E-state index contributed by atoms with van der Waals surface area (Å²) in [4.78, 5) is 8.21. The number of allylic oxidation sites excluding steroid dienone is 3. The molecule has 0 fully saturated rings. The lowest BCUT2D eigenvalue weighted by atomic mass is 10.1. The van der Waals surface area contributed by atoms with Crippen molar-refractivity contribution in [3.63, 3.8) is 0 Å². The topological polar surface area (TPSA) is 68.3 Å². The van der Waals surface area contributed by atoms with Gasteiger partial charge < -0.3 is 20.1 Å². The van der Waals surface area contributed by atoms with E-state index in [0.717, 1.165) is 24.7 Å². The minimum Gasteiger partial charge on any atom is -0.486 e. The summed E-state index contributed by atoms with van der Waals surface area (Å²) < 4.78 is 25.1. The van der Waals surface area contributed by atoms with E-state index in [9.17, 15) is 4.39 Å². The molecule has 1 aromatic carbocycles. The van der Waals surface area contributed by atoms with E-state index in [-0.39, 0.29) is 5.82 Å². The molecule has 6 nitrogen and oxygen atoms in total. The van der Waals surface area contributed by atoms with Crippen LogP contribution in [0.4, 0.5) is 21.8 Å². The average molecular weight is 340 g/mol. The highest BCUT2D eigenvalue weighted by molar-refractivity contribution is 5.62. The SMILES string of the molecule is Fc1cnc(NC2=CCCC=C2)nc1Nc1ccc2c(c1)OCCO2.